The van der Waals surface area contributed by atoms with Crippen LogP contribution in [0, 0.1) is 5.95 Å². The molecular weight excluding hydrogens is 209 g/mol. The van der Waals surface area contributed by atoms with Crippen molar-refractivity contribution >= 4 is 0 Å². The van der Waals surface area contributed by atoms with Crippen molar-refractivity contribution in [3.63, 3.8) is 0 Å². The molecule has 2 atom stereocenters. The van der Waals surface area contributed by atoms with Gasteiger partial charge in [-0.05, 0) is 31.4 Å². The zero-order chi connectivity index (χ0) is 11.4. The average Bonchev–Trinajstić information content (AvgIpc) is 2.32. The largest absolute Gasteiger partial charge is 0.486 e. The predicted octanol–water partition coefficient (Wildman–Crippen LogP) is 2.56. The Morgan fingerprint density at radius 2 is 2.19 bits per heavy atom. The maximum atomic E-state index is 13.3. The Kier molecular flexibility index (Phi) is 3.72. The van der Waals surface area contributed by atoms with Gasteiger partial charge in [-0.25, -0.2) is 4.98 Å². The van der Waals surface area contributed by atoms with E-state index in [0.29, 0.717) is 0 Å². The van der Waals surface area contributed by atoms with Crippen LogP contribution in [0.15, 0.2) is 18.3 Å². The SMILES string of the molecule is COC1CCCC(Oc2cccnc2F)C1. The number of aromatic nitrogens is 1. The van der Waals surface area contributed by atoms with E-state index in [4.69, 9.17) is 9.47 Å². The molecule has 0 amide bonds. The summed E-state index contributed by atoms with van der Waals surface area (Å²) in [7, 11) is 1.71. The van der Waals surface area contributed by atoms with Gasteiger partial charge in [0.2, 0.25) is 0 Å². The first-order valence-corrected chi connectivity index (χ1v) is 5.59. The second kappa shape index (κ2) is 5.25. The highest BCUT2D eigenvalue weighted by Gasteiger charge is 2.23. The number of pyridine rings is 1. The lowest BCUT2D eigenvalue weighted by molar-refractivity contribution is 0.0195. The maximum absolute atomic E-state index is 13.3. The van der Waals surface area contributed by atoms with Gasteiger partial charge in [0.1, 0.15) is 6.10 Å². The predicted molar refractivity (Wildman–Crippen MR) is 57.9 cm³/mol. The summed E-state index contributed by atoms with van der Waals surface area (Å²) in [5.41, 5.74) is 0. The van der Waals surface area contributed by atoms with E-state index in [2.05, 4.69) is 4.98 Å². The number of halogens is 1. The zero-order valence-electron chi connectivity index (χ0n) is 9.36. The molecule has 1 aromatic heterocycles. The molecule has 0 aliphatic heterocycles. The molecule has 3 nitrogen and oxygen atoms in total. The molecule has 2 rings (SSSR count). The van der Waals surface area contributed by atoms with Gasteiger partial charge in [-0.15, -0.1) is 0 Å². The first kappa shape index (κ1) is 11.3. The van der Waals surface area contributed by atoms with Crippen LogP contribution in [-0.2, 0) is 4.74 Å². The van der Waals surface area contributed by atoms with E-state index < -0.39 is 5.95 Å². The van der Waals surface area contributed by atoms with Crippen molar-refractivity contribution in [1.82, 2.24) is 4.98 Å². The van der Waals surface area contributed by atoms with E-state index in [9.17, 15) is 4.39 Å². The van der Waals surface area contributed by atoms with Crippen LogP contribution in [0.3, 0.4) is 0 Å². The summed E-state index contributed by atoms with van der Waals surface area (Å²) in [6.07, 6.45) is 5.59. The highest BCUT2D eigenvalue weighted by molar-refractivity contribution is 5.18. The van der Waals surface area contributed by atoms with Gasteiger partial charge in [0.15, 0.2) is 5.75 Å². The lowest BCUT2D eigenvalue weighted by Crippen LogP contribution is -2.29. The summed E-state index contributed by atoms with van der Waals surface area (Å²) in [5.74, 6) is -0.300. The van der Waals surface area contributed by atoms with Crippen LogP contribution in [-0.4, -0.2) is 24.3 Å². The third-order valence-corrected chi connectivity index (χ3v) is 2.93. The average molecular weight is 225 g/mol. The third kappa shape index (κ3) is 2.70. The van der Waals surface area contributed by atoms with E-state index in [1.165, 1.54) is 6.20 Å². The maximum Gasteiger partial charge on any atom is 0.255 e. The van der Waals surface area contributed by atoms with Crippen LogP contribution in [0.1, 0.15) is 25.7 Å². The number of ether oxygens (including phenoxy) is 2. The van der Waals surface area contributed by atoms with Gasteiger partial charge in [-0.3, -0.25) is 0 Å². The van der Waals surface area contributed by atoms with Crippen molar-refractivity contribution in [3.8, 4) is 5.75 Å². The molecule has 16 heavy (non-hydrogen) atoms. The molecule has 88 valence electrons. The van der Waals surface area contributed by atoms with Crippen molar-refractivity contribution in [3.05, 3.63) is 24.3 Å². The molecule has 1 aromatic rings. The van der Waals surface area contributed by atoms with Gasteiger partial charge >= 0.3 is 0 Å². The monoisotopic (exact) mass is 225 g/mol. The summed E-state index contributed by atoms with van der Waals surface area (Å²) in [6.45, 7) is 0. The fourth-order valence-electron chi connectivity index (χ4n) is 2.06. The van der Waals surface area contributed by atoms with Crippen LogP contribution >= 0.6 is 0 Å². The third-order valence-electron chi connectivity index (χ3n) is 2.93. The molecule has 0 aromatic carbocycles. The van der Waals surface area contributed by atoms with Crippen LogP contribution in [0.4, 0.5) is 4.39 Å². The molecule has 1 aliphatic rings. The lowest BCUT2D eigenvalue weighted by Gasteiger charge is -2.28. The van der Waals surface area contributed by atoms with Crippen molar-refractivity contribution in [2.45, 2.75) is 37.9 Å². The highest BCUT2D eigenvalue weighted by Crippen LogP contribution is 2.25. The van der Waals surface area contributed by atoms with Gasteiger partial charge in [-0.1, -0.05) is 0 Å². The smallest absolute Gasteiger partial charge is 0.255 e. The van der Waals surface area contributed by atoms with Crippen LogP contribution in [0.5, 0.6) is 5.75 Å². The summed E-state index contributed by atoms with van der Waals surface area (Å²) in [5, 5.41) is 0. The van der Waals surface area contributed by atoms with Gasteiger partial charge in [0.25, 0.3) is 5.95 Å². The van der Waals surface area contributed by atoms with Crippen molar-refractivity contribution in [1.29, 1.82) is 0 Å². The fourth-order valence-corrected chi connectivity index (χ4v) is 2.06. The van der Waals surface area contributed by atoms with Gasteiger partial charge in [0, 0.05) is 19.7 Å². The minimum Gasteiger partial charge on any atom is -0.486 e. The second-order valence-electron chi connectivity index (χ2n) is 4.06. The minimum atomic E-state index is -0.540. The van der Waals surface area contributed by atoms with Crippen LogP contribution < -0.4 is 4.74 Å². The molecule has 1 aliphatic carbocycles. The molecule has 0 saturated heterocycles. The first-order valence-electron chi connectivity index (χ1n) is 5.59. The fraction of sp³-hybridized carbons (Fsp3) is 0.583. The molecule has 0 spiro atoms. The molecule has 1 saturated carbocycles. The first-order chi connectivity index (χ1) is 7.79. The highest BCUT2D eigenvalue weighted by atomic mass is 19.1. The lowest BCUT2D eigenvalue weighted by atomic mass is 9.95. The number of methoxy groups -OCH3 is 1. The molecule has 0 N–H and O–H groups in total. The van der Waals surface area contributed by atoms with E-state index >= 15 is 0 Å². The number of rotatable bonds is 3. The van der Waals surface area contributed by atoms with Crippen LogP contribution in [0.2, 0.25) is 0 Å². The summed E-state index contributed by atoms with van der Waals surface area (Å²) in [4.78, 5) is 3.56. The Hall–Kier alpha value is -1.16. The van der Waals surface area contributed by atoms with Crippen molar-refractivity contribution in [2.24, 2.45) is 0 Å². The molecule has 0 radical (unpaired) electrons. The van der Waals surface area contributed by atoms with Crippen molar-refractivity contribution < 1.29 is 13.9 Å². The summed E-state index contributed by atoms with van der Waals surface area (Å²) in [6, 6.07) is 3.29. The molecular formula is C12H16FNO2. The number of hydrogen-bond acceptors (Lipinski definition) is 3. The molecule has 1 heterocycles. The Bertz CT molecular complexity index is 346. The Morgan fingerprint density at radius 1 is 1.38 bits per heavy atom. The van der Waals surface area contributed by atoms with E-state index in [1.54, 1.807) is 19.2 Å². The summed E-state index contributed by atoms with van der Waals surface area (Å²) >= 11 is 0. The van der Waals surface area contributed by atoms with E-state index in [0.717, 1.165) is 25.7 Å². The quantitative estimate of drug-likeness (QED) is 0.741. The number of hydrogen-bond donors (Lipinski definition) is 0. The Balaban J connectivity index is 1.97. The topological polar surface area (TPSA) is 31.4 Å². The Labute approximate surface area is 94.6 Å². The minimum absolute atomic E-state index is 0.0393. The van der Waals surface area contributed by atoms with Gasteiger partial charge < -0.3 is 9.47 Å². The molecule has 2 unspecified atom stereocenters. The second-order valence-corrected chi connectivity index (χ2v) is 4.06. The van der Waals surface area contributed by atoms with Gasteiger partial charge in [0.05, 0.1) is 6.10 Å². The molecule has 4 heteroatoms. The molecule has 0 bridgehead atoms. The normalized spacial score (nSPS) is 25.4. The van der Waals surface area contributed by atoms with Crippen molar-refractivity contribution in [2.75, 3.05) is 7.11 Å². The number of nitrogens with zero attached hydrogens (tertiary/aromatic N) is 1. The Morgan fingerprint density at radius 3 is 2.94 bits per heavy atom. The zero-order valence-corrected chi connectivity index (χ0v) is 9.36. The summed E-state index contributed by atoms with van der Waals surface area (Å²) < 4.78 is 24.2. The molecule has 1 fully saturated rings. The van der Waals surface area contributed by atoms with Gasteiger partial charge in [-0.2, -0.15) is 4.39 Å². The van der Waals surface area contributed by atoms with E-state index in [-0.39, 0.29) is 18.0 Å². The van der Waals surface area contributed by atoms with Crippen LogP contribution in [0.25, 0.3) is 0 Å². The standard InChI is InChI=1S/C12H16FNO2/c1-15-9-4-2-5-10(8-9)16-11-6-3-7-14-12(11)13/h3,6-7,9-10H,2,4-5,8H2,1H3. The van der Waals surface area contributed by atoms with E-state index in [1.807, 2.05) is 0 Å².